The number of sulfonamides is 1. The minimum Gasteiger partial charge on any atom is -0.369 e. The van der Waals surface area contributed by atoms with Crippen molar-refractivity contribution in [1.82, 2.24) is 4.31 Å². The van der Waals surface area contributed by atoms with Gasteiger partial charge in [0.25, 0.3) is 0 Å². The molecule has 0 saturated carbocycles. The zero-order valence-corrected chi connectivity index (χ0v) is 12.4. The largest absolute Gasteiger partial charge is 0.369 e. The van der Waals surface area contributed by atoms with Crippen LogP contribution in [0.1, 0.15) is 20.3 Å². The molecular weight excluding hydrogens is 260 g/mol. The van der Waals surface area contributed by atoms with E-state index in [1.54, 1.807) is 4.31 Å². The molecule has 1 aromatic rings. The molecule has 0 amide bonds. The molecule has 1 fully saturated rings. The van der Waals surface area contributed by atoms with Crippen molar-refractivity contribution in [3.05, 3.63) is 30.3 Å². The van der Waals surface area contributed by atoms with Crippen molar-refractivity contribution in [2.45, 2.75) is 26.3 Å². The van der Waals surface area contributed by atoms with E-state index in [2.05, 4.69) is 17.0 Å². The minimum atomic E-state index is -3.08. The van der Waals surface area contributed by atoms with Crippen LogP contribution in [0.15, 0.2) is 30.3 Å². The molecule has 1 unspecified atom stereocenters. The van der Waals surface area contributed by atoms with E-state index in [9.17, 15) is 8.42 Å². The Labute approximate surface area is 116 Å². The minimum absolute atomic E-state index is 0.0329. The molecule has 0 spiro atoms. The summed E-state index contributed by atoms with van der Waals surface area (Å²) in [6.07, 6.45) is 0.675. The first-order chi connectivity index (χ1) is 9.04. The van der Waals surface area contributed by atoms with Crippen molar-refractivity contribution in [3.8, 4) is 0 Å². The Balaban J connectivity index is 2.07. The molecule has 0 aromatic heterocycles. The summed E-state index contributed by atoms with van der Waals surface area (Å²) in [7, 11) is -3.08. The van der Waals surface area contributed by atoms with Crippen molar-refractivity contribution >= 4 is 15.7 Å². The van der Waals surface area contributed by atoms with E-state index < -0.39 is 10.0 Å². The molecule has 1 aliphatic heterocycles. The number of benzene rings is 1. The van der Waals surface area contributed by atoms with Gasteiger partial charge in [-0.25, -0.2) is 8.42 Å². The molecule has 1 aromatic carbocycles. The van der Waals surface area contributed by atoms with E-state index in [1.807, 2.05) is 32.0 Å². The first-order valence-corrected chi connectivity index (χ1v) is 8.45. The lowest BCUT2D eigenvalue weighted by atomic mass is 10.2. The molecule has 0 bridgehead atoms. The molecule has 2 rings (SSSR count). The lowest BCUT2D eigenvalue weighted by molar-refractivity contribution is 0.306. The maximum absolute atomic E-state index is 12.1. The van der Waals surface area contributed by atoms with Gasteiger partial charge in [-0.2, -0.15) is 4.31 Å². The number of hydrogen-bond acceptors (Lipinski definition) is 3. The predicted octanol–water partition coefficient (Wildman–Crippen LogP) is 1.94. The summed E-state index contributed by atoms with van der Waals surface area (Å²) >= 11 is 0. The lowest BCUT2D eigenvalue weighted by Gasteiger charge is -2.40. The van der Waals surface area contributed by atoms with Gasteiger partial charge in [0.2, 0.25) is 10.0 Å². The summed E-state index contributed by atoms with van der Waals surface area (Å²) in [5.74, 6) is 0.253. The Morgan fingerprint density at radius 1 is 1.21 bits per heavy atom. The van der Waals surface area contributed by atoms with Crippen LogP contribution >= 0.6 is 0 Å². The van der Waals surface area contributed by atoms with E-state index >= 15 is 0 Å². The van der Waals surface area contributed by atoms with Crippen LogP contribution in [0.4, 0.5) is 5.69 Å². The van der Waals surface area contributed by atoms with Crippen LogP contribution in [0.5, 0.6) is 0 Å². The Kier molecular flexibility index (Phi) is 4.47. The third kappa shape index (κ3) is 3.28. The van der Waals surface area contributed by atoms with Gasteiger partial charge in [-0.05, 0) is 25.5 Å². The standard InChI is InChI=1S/C14H22N2O2S/c1-3-11-19(17,18)16-10-9-15(12-13(16)2)14-7-5-4-6-8-14/h4-8,13H,3,9-12H2,1-2H3. The molecule has 1 atom stereocenters. The van der Waals surface area contributed by atoms with Crippen molar-refractivity contribution in [2.75, 3.05) is 30.3 Å². The van der Waals surface area contributed by atoms with Crippen LogP contribution in [-0.4, -0.2) is 44.2 Å². The third-order valence-corrected chi connectivity index (χ3v) is 5.69. The number of anilines is 1. The molecule has 106 valence electrons. The van der Waals surface area contributed by atoms with Crippen molar-refractivity contribution in [3.63, 3.8) is 0 Å². The topological polar surface area (TPSA) is 40.6 Å². The Morgan fingerprint density at radius 3 is 2.47 bits per heavy atom. The van der Waals surface area contributed by atoms with Crippen molar-refractivity contribution in [2.24, 2.45) is 0 Å². The average molecular weight is 282 g/mol. The number of piperazine rings is 1. The van der Waals surface area contributed by atoms with Crippen LogP contribution in [0.2, 0.25) is 0 Å². The fraction of sp³-hybridized carbons (Fsp3) is 0.571. The highest BCUT2D eigenvalue weighted by Crippen LogP contribution is 2.21. The van der Waals surface area contributed by atoms with Gasteiger partial charge < -0.3 is 4.90 Å². The second kappa shape index (κ2) is 5.92. The van der Waals surface area contributed by atoms with E-state index in [-0.39, 0.29) is 11.8 Å². The maximum atomic E-state index is 12.1. The SMILES string of the molecule is CCCS(=O)(=O)N1CCN(c2ccccc2)CC1C. The lowest BCUT2D eigenvalue weighted by Crippen LogP contribution is -2.54. The van der Waals surface area contributed by atoms with Gasteiger partial charge in [0.15, 0.2) is 0 Å². The Morgan fingerprint density at radius 2 is 1.89 bits per heavy atom. The molecule has 1 saturated heterocycles. The van der Waals surface area contributed by atoms with E-state index in [1.165, 1.54) is 5.69 Å². The molecule has 4 nitrogen and oxygen atoms in total. The van der Waals surface area contributed by atoms with Crippen LogP contribution < -0.4 is 4.90 Å². The number of hydrogen-bond donors (Lipinski definition) is 0. The molecule has 5 heteroatoms. The highest BCUT2D eigenvalue weighted by atomic mass is 32.2. The quantitative estimate of drug-likeness (QED) is 0.847. The molecular formula is C14H22N2O2S. The van der Waals surface area contributed by atoms with Crippen LogP contribution in [0.3, 0.4) is 0 Å². The second-order valence-electron chi connectivity index (χ2n) is 5.06. The zero-order chi connectivity index (χ0) is 13.9. The number of nitrogens with zero attached hydrogens (tertiary/aromatic N) is 2. The van der Waals surface area contributed by atoms with E-state index in [4.69, 9.17) is 0 Å². The second-order valence-corrected chi connectivity index (χ2v) is 7.10. The summed E-state index contributed by atoms with van der Waals surface area (Å²) in [6, 6.07) is 10.2. The Hall–Kier alpha value is -1.07. The number of rotatable bonds is 4. The monoisotopic (exact) mass is 282 g/mol. The first kappa shape index (κ1) is 14.3. The van der Waals surface area contributed by atoms with Gasteiger partial charge in [0.05, 0.1) is 5.75 Å². The summed E-state index contributed by atoms with van der Waals surface area (Å²) in [5.41, 5.74) is 1.17. The highest BCUT2D eigenvalue weighted by molar-refractivity contribution is 7.89. The van der Waals surface area contributed by atoms with E-state index in [0.717, 1.165) is 13.1 Å². The van der Waals surface area contributed by atoms with Gasteiger partial charge >= 0.3 is 0 Å². The fourth-order valence-corrected chi connectivity index (χ4v) is 4.33. The highest BCUT2D eigenvalue weighted by Gasteiger charge is 2.31. The Bertz CT molecular complexity index is 501. The van der Waals surface area contributed by atoms with Crippen molar-refractivity contribution < 1.29 is 8.42 Å². The van der Waals surface area contributed by atoms with Gasteiger partial charge in [-0.3, -0.25) is 0 Å². The normalized spacial score (nSPS) is 21.6. The van der Waals surface area contributed by atoms with Gasteiger partial charge in [0.1, 0.15) is 0 Å². The summed E-state index contributed by atoms with van der Waals surface area (Å²) in [5, 5.41) is 0. The van der Waals surface area contributed by atoms with E-state index in [0.29, 0.717) is 13.0 Å². The molecule has 1 heterocycles. The first-order valence-electron chi connectivity index (χ1n) is 6.84. The molecule has 0 radical (unpaired) electrons. The zero-order valence-electron chi connectivity index (χ0n) is 11.6. The maximum Gasteiger partial charge on any atom is 0.214 e. The van der Waals surface area contributed by atoms with Gasteiger partial charge in [0, 0.05) is 31.4 Å². The number of para-hydroxylation sites is 1. The summed E-state index contributed by atoms with van der Waals surface area (Å²) in [6.45, 7) is 5.99. The molecule has 0 N–H and O–H groups in total. The fourth-order valence-electron chi connectivity index (χ4n) is 2.60. The molecule has 1 aliphatic rings. The average Bonchev–Trinajstić information content (AvgIpc) is 2.39. The molecule has 0 aliphatic carbocycles. The molecule has 19 heavy (non-hydrogen) atoms. The van der Waals surface area contributed by atoms with Crippen LogP contribution in [0, 0.1) is 0 Å². The van der Waals surface area contributed by atoms with Crippen LogP contribution in [0.25, 0.3) is 0 Å². The van der Waals surface area contributed by atoms with Gasteiger partial charge in [-0.15, -0.1) is 0 Å². The smallest absolute Gasteiger partial charge is 0.214 e. The van der Waals surface area contributed by atoms with Gasteiger partial charge in [-0.1, -0.05) is 25.1 Å². The third-order valence-electron chi connectivity index (χ3n) is 3.51. The van der Waals surface area contributed by atoms with Crippen molar-refractivity contribution in [1.29, 1.82) is 0 Å². The van der Waals surface area contributed by atoms with Crippen LogP contribution in [-0.2, 0) is 10.0 Å². The summed E-state index contributed by atoms with van der Waals surface area (Å²) in [4.78, 5) is 2.25. The predicted molar refractivity (Wildman–Crippen MR) is 78.9 cm³/mol. The summed E-state index contributed by atoms with van der Waals surface area (Å²) < 4.78 is 26.0.